The highest BCUT2D eigenvalue weighted by Gasteiger charge is 2.49. The highest BCUT2D eigenvalue weighted by molar-refractivity contribution is 6.31. The Labute approximate surface area is 176 Å². The van der Waals surface area contributed by atoms with Crippen LogP contribution in [0.15, 0.2) is 30.7 Å². The monoisotopic (exact) mass is 460 g/mol. The number of anilines is 1. The van der Waals surface area contributed by atoms with Crippen LogP contribution < -0.4 is 10.2 Å². The number of hydrogen-bond donors (Lipinski definition) is 2. The number of aromatic amines is 1. The van der Waals surface area contributed by atoms with Gasteiger partial charge in [-0.3, -0.25) is 4.79 Å². The summed E-state index contributed by atoms with van der Waals surface area (Å²) in [5.74, 6) is -4.29. The molecule has 164 valence electrons. The second-order valence-electron chi connectivity index (χ2n) is 7.03. The molecule has 0 radical (unpaired) electrons. The highest BCUT2D eigenvalue weighted by atomic mass is 35.5. The third-order valence-electron chi connectivity index (χ3n) is 4.71. The number of alkyl halides is 5. The molecule has 3 aromatic heterocycles. The molecule has 0 bridgehead atoms. The number of carbonyl (C=O) groups excluding carboxylic acids is 1. The fraction of sp³-hybridized carbons (Fsp3) is 0.333. The van der Waals surface area contributed by atoms with Crippen LogP contribution in [0.5, 0.6) is 0 Å². The minimum atomic E-state index is -4.66. The van der Waals surface area contributed by atoms with Crippen LogP contribution in [-0.4, -0.2) is 57.1 Å². The van der Waals surface area contributed by atoms with Gasteiger partial charge in [0.15, 0.2) is 5.82 Å². The van der Waals surface area contributed by atoms with E-state index >= 15 is 0 Å². The predicted octanol–water partition coefficient (Wildman–Crippen LogP) is 3.57. The molecule has 1 saturated heterocycles. The molecular weight excluding hydrogens is 447 g/mol. The van der Waals surface area contributed by atoms with E-state index < -0.39 is 43.6 Å². The molecule has 13 heteroatoms. The molecule has 0 unspecified atom stereocenters. The zero-order valence-corrected chi connectivity index (χ0v) is 16.3. The molecule has 2 N–H and O–H groups in total. The summed E-state index contributed by atoms with van der Waals surface area (Å²) < 4.78 is 65.4. The van der Waals surface area contributed by atoms with Crippen LogP contribution in [0.25, 0.3) is 22.4 Å². The van der Waals surface area contributed by atoms with E-state index in [1.165, 1.54) is 18.5 Å². The van der Waals surface area contributed by atoms with Gasteiger partial charge in [0.05, 0.1) is 11.6 Å². The van der Waals surface area contributed by atoms with E-state index in [9.17, 15) is 26.7 Å². The van der Waals surface area contributed by atoms with Crippen LogP contribution in [0.3, 0.4) is 0 Å². The highest BCUT2D eigenvalue weighted by Crippen LogP contribution is 2.36. The average Bonchev–Trinajstić information content (AvgIpc) is 3.25. The number of pyridine rings is 1. The van der Waals surface area contributed by atoms with Crippen LogP contribution in [0.1, 0.15) is 6.42 Å². The van der Waals surface area contributed by atoms with Crippen molar-refractivity contribution < 1.29 is 26.7 Å². The molecule has 1 atom stereocenters. The number of carbonyl (C=O) groups is 1. The Morgan fingerprint density at radius 1 is 1.35 bits per heavy atom. The molecule has 4 heterocycles. The maximum Gasteiger partial charge on any atom is 0.405 e. The number of nitrogens with one attached hydrogen (secondary N) is 2. The van der Waals surface area contributed by atoms with E-state index in [0.717, 1.165) is 4.90 Å². The number of aromatic nitrogens is 4. The van der Waals surface area contributed by atoms with Gasteiger partial charge in [-0.1, -0.05) is 11.6 Å². The molecule has 0 spiro atoms. The number of fused-ring (bicyclic) bond motifs is 1. The summed E-state index contributed by atoms with van der Waals surface area (Å²) in [4.78, 5) is 28.7. The van der Waals surface area contributed by atoms with Gasteiger partial charge in [0.1, 0.15) is 24.1 Å². The fourth-order valence-corrected chi connectivity index (χ4v) is 3.56. The Bertz CT molecular complexity index is 1130. The van der Waals surface area contributed by atoms with Crippen LogP contribution in [0.4, 0.5) is 27.8 Å². The first-order valence-corrected chi connectivity index (χ1v) is 9.35. The Kier molecular flexibility index (Phi) is 5.20. The SMILES string of the molecule is O=C(NCC(F)(F)F)[C@H]1CC(F)(F)CN1c1ccnc(-c2c[nH]c3ncc(Cl)cc23)n1. The van der Waals surface area contributed by atoms with Crippen LogP contribution >= 0.6 is 11.6 Å². The molecule has 1 aliphatic heterocycles. The second-order valence-corrected chi connectivity index (χ2v) is 7.46. The lowest BCUT2D eigenvalue weighted by atomic mass is 10.1. The van der Waals surface area contributed by atoms with E-state index in [-0.39, 0.29) is 11.6 Å². The van der Waals surface area contributed by atoms with Gasteiger partial charge in [0, 0.05) is 36.0 Å². The van der Waals surface area contributed by atoms with Gasteiger partial charge >= 0.3 is 6.18 Å². The number of H-pyrrole nitrogens is 1. The van der Waals surface area contributed by atoms with Crippen molar-refractivity contribution in [2.24, 2.45) is 0 Å². The number of rotatable bonds is 4. The summed E-state index contributed by atoms with van der Waals surface area (Å²) in [6, 6.07) is 1.43. The molecule has 3 aromatic rings. The van der Waals surface area contributed by atoms with Crippen molar-refractivity contribution in [3.05, 3.63) is 35.7 Å². The van der Waals surface area contributed by atoms with Gasteiger partial charge < -0.3 is 15.2 Å². The normalized spacial score (nSPS) is 18.5. The minimum absolute atomic E-state index is 0.0151. The van der Waals surface area contributed by atoms with Gasteiger partial charge in [-0.25, -0.2) is 23.7 Å². The Morgan fingerprint density at radius 2 is 2.13 bits per heavy atom. The van der Waals surface area contributed by atoms with Gasteiger partial charge in [0.2, 0.25) is 5.91 Å². The van der Waals surface area contributed by atoms with Gasteiger partial charge in [-0.2, -0.15) is 13.2 Å². The summed E-state index contributed by atoms with van der Waals surface area (Å²) >= 11 is 5.98. The third-order valence-corrected chi connectivity index (χ3v) is 4.92. The first-order chi connectivity index (χ1) is 14.5. The van der Waals surface area contributed by atoms with Crippen molar-refractivity contribution in [1.29, 1.82) is 0 Å². The fourth-order valence-electron chi connectivity index (χ4n) is 3.40. The summed E-state index contributed by atoms with van der Waals surface area (Å²) in [7, 11) is 0. The van der Waals surface area contributed by atoms with Crippen molar-refractivity contribution >= 4 is 34.4 Å². The van der Waals surface area contributed by atoms with Gasteiger partial charge in [-0.15, -0.1) is 0 Å². The number of hydrogen-bond acceptors (Lipinski definition) is 5. The quantitative estimate of drug-likeness (QED) is 0.581. The third kappa shape index (κ3) is 4.53. The van der Waals surface area contributed by atoms with E-state index in [1.54, 1.807) is 17.6 Å². The zero-order chi connectivity index (χ0) is 22.4. The molecule has 4 rings (SSSR count). The van der Waals surface area contributed by atoms with Gasteiger partial charge in [-0.05, 0) is 12.1 Å². The molecule has 1 fully saturated rings. The van der Waals surface area contributed by atoms with Crippen molar-refractivity contribution in [3.8, 4) is 11.4 Å². The second kappa shape index (κ2) is 7.59. The topological polar surface area (TPSA) is 86.8 Å². The van der Waals surface area contributed by atoms with Crippen LogP contribution in [0.2, 0.25) is 5.02 Å². The van der Waals surface area contributed by atoms with E-state index in [0.29, 0.717) is 21.6 Å². The lowest BCUT2D eigenvalue weighted by Gasteiger charge is -2.24. The summed E-state index contributed by atoms with van der Waals surface area (Å²) in [6.07, 6.45) is -1.26. The molecular formula is C18H14ClF5N6O. The van der Waals surface area contributed by atoms with Gasteiger partial charge in [0.25, 0.3) is 5.92 Å². The number of nitrogens with zero attached hydrogens (tertiary/aromatic N) is 4. The lowest BCUT2D eigenvalue weighted by molar-refractivity contribution is -0.139. The average molecular weight is 461 g/mol. The van der Waals surface area contributed by atoms with E-state index in [1.807, 2.05) is 0 Å². The lowest BCUT2D eigenvalue weighted by Crippen LogP contribution is -2.46. The molecule has 31 heavy (non-hydrogen) atoms. The Hall–Kier alpha value is -3.02. The molecule has 0 aliphatic carbocycles. The predicted molar refractivity (Wildman–Crippen MR) is 102 cm³/mol. The molecule has 0 saturated carbocycles. The summed E-state index contributed by atoms with van der Waals surface area (Å²) in [5, 5.41) is 2.62. The Morgan fingerprint density at radius 3 is 2.87 bits per heavy atom. The maximum absolute atomic E-state index is 14.1. The van der Waals surface area contributed by atoms with Crippen molar-refractivity contribution in [2.75, 3.05) is 18.0 Å². The summed E-state index contributed by atoms with van der Waals surface area (Å²) in [6.45, 7) is -2.48. The van der Waals surface area contributed by atoms with Crippen molar-refractivity contribution in [1.82, 2.24) is 25.3 Å². The molecule has 1 amide bonds. The smallest absolute Gasteiger partial charge is 0.345 e. The summed E-state index contributed by atoms with van der Waals surface area (Å²) in [5.41, 5.74) is 1.00. The van der Waals surface area contributed by atoms with Crippen LogP contribution in [-0.2, 0) is 4.79 Å². The largest absolute Gasteiger partial charge is 0.405 e. The molecule has 0 aromatic carbocycles. The van der Waals surface area contributed by atoms with Crippen LogP contribution in [0, 0.1) is 0 Å². The first kappa shape index (κ1) is 21.2. The van der Waals surface area contributed by atoms with Crippen molar-refractivity contribution in [2.45, 2.75) is 24.6 Å². The van der Waals surface area contributed by atoms with E-state index in [4.69, 9.17) is 11.6 Å². The standard InChI is InChI=1S/C18H14ClF5N6O/c19-9-3-10-11(6-27-14(10)26-5-9)15-25-2-1-13(29-15)30-8-17(20,21)4-12(30)16(31)28-7-18(22,23)24/h1-3,5-6,12H,4,7-8H2,(H,26,27)(H,28,31)/t12-/m1/s1. The minimum Gasteiger partial charge on any atom is -0.345 e. The molecule has 1 aliphatic rings. The molecule has 7 nitrogen and oxygen atoms in total. The zero-order valence-electron chi connectivity index (χ0n) is 15.6. The first-order valence-electron chi connectivity index (χ1n) is 8.97. The number of amides is 1. The Balaban J connectivity index is 1.66. The van der Waals surface area contributed by atoms with E-state index in [2.05, 4.69) is 19.9 Å². The number of halogens is 6. The maximum atomic E-state index is 14.1. The van der Waals surface area contributed by atoms with Crippen molar-refractivity contribution in [3.63, 3.8) is 0 Å².